The van der Waals surface area contributed by atoms with Crippen LogP contribution >= 0.6 is 0 Å². The molecule has 0 N–H and O–H groups in total. The van der Waals surface area contributed by atoms with Gasteiger partial charge in [0.15, 0.2) is 0 Å². The maximum Gasteiger partial charge on any atom is 0.126 e. The molecule has 2 fully saturated rings. The van der Waals surface area contributed by atoms with Gasteiger partial charge in [0.1, 0.15) is 5.82 Å². The molecule has 1 heteroatoms. The molecule has 0 heterocycles. The van der Waals surface area contributed by atoms with E-state index in [-0.39, 0.29) is 5.82 Å². The van der Waals surface area contributed by atoms with Crippen LogP contribution in [0.1, 0.15) is 68.9 Å². The third kappa shape index (κ3) is 2.24. The van der Waals surface area contributed by atoms with Crippen molar-refractivity contribution in [1.29, 1.82) is 0 Å². The molecule has 5 unspecified atom stereocenters. The van der Waals surface area contributed by atoms with Crippen molar-refractivity contribution in [2.45, 2.75) is 64.2 Å². The normalized spacial score (nSPS) is 38.3. The van der Waals surface area contributed by atoms with Gasteiger partial charge in [0.05, 0.1) is 0 Å². The Balaban J connectivity index is 1.85. The summed E-state index contributed by atoms with van der Waals surface area (Å²) in [5.41, 5.74) is 2.46. The molecule has 1 aromatic rings. The zero-order valence-electron chi connectivity index (χ0n) is 13.2. The minimum Gasteiger partial charge on any atom is -0.207 e. The zero-order chi connectivity index (χ0) is 14.4. The third-order valence-corrected chi connectivity index (χ3v) is 6.88. The smallest absolute Gasteiger partial charge is 0.126 e. The van der Waals surface area contributed by atoms with E-state index in [0.717, 1.165) is 35.7 Å². The molecule has 21 heavy (non-hydrogen) atoms. The Labute approximate surface area is 128 Å². The fraction of sp³-hybridized carbons (Fsp3) is 0.700. The molecule has 5 atom stereocenters. The van der Waals surface area contributed by atoms with Gasteiger partial charge in [-0.1, -0.05) is 38.3 Å². The van der Waals surface area contributed by atoms with Gasteiger partial charge in [-0.25, -0.2) is 4.39 Å². The van der Waals surface area contributed by atoms with Crippen LogP contribution in [0.25, 0.3) is 0 Å². The van der Waals surface area contributed by atoms with Gasteiger partial charge in [-0.05, 0) is 78.9 Å². The molecule has 0 amide bonds. The van der Waals surface area contributed by atoms with E-state index in [1.165, 1.54) is 50.5 Å². The van der Waals surface area contributed by atoms with E-state index in [9.17, 15) is 4.39 Å². The number of rotatable bonds is 1. The van der Waals surface area contributed by atoms with Gasteiger partial charge in [0.2, 0.25) is 0 Å². The van der Waals surface area contributed by atoms with E-state index in [1.807, 2.05) is 6.07 Å². The molecule has 0 radical (unpaired) electrons. The number of hydrogen-bond acceptors (Lipinski definition) is 0. The molecule has 114 valence electrons. The second kappa shape index (κ2) is 5.41. The molecule has 2 saturated carbocycles. The molecule has 5 rings (SSSR count). The van der Waals surface area contributed by atoms with Crippen molar-refractivity contribution in [2.75, 3.05) is 0 Å². The average Bonchev–Trinajstić information content (AvgIpc) is 2.59. The standard InChI is InChI=1S/C20H27F/c1-2-13-11-16-6-4-8-19(21)20(16)18-7-3-5-15-12-14(13)9-10-17(15)18/h4,6,8,13-15,17-18H,2-3,5,7,9-12H2,1H3. The van der Waals surface area contributed by atoms with Crippen molar-refractivity contribution in [3.05, 3.63) is 35.1 Å². The third-order valence-electron chi connectivity index (χ3n) is 6.88. The molecule has 0 saturated heterocycles. The van der Waals surface area contributed by atoms with Crippen LogP contribution in [0.5, 0.6) is 0 Å². The van der Waals surface area contributed by atoms with Crippen LogP contribution in [0.3, 0.4) is 0 Å². The van der Waals surface area contributed by atoms with Gasteiger partial charge in [-0.15, -0.1) is 0 Å². The lowest BCUT2D eigenvalue weighted by atomic mass is 9.61. The highest BCUT2D eigenvalue weighted by Gasteiger charge is 2.43. The molecular weight excluding hydrogens is 259 g/mol. The largest absolute Gasteiger partial charge is 0.207 e. The Bertz CT molecular complexity index is 521. The minimum absolute atomic E-state index is 0.0818. The van der Waals surface area contributed by atoms with Gasteiger partial charge >= 0.3 is 0 Å². The summed E-state index contributed by atoms with van der Waals surface area (Å²) in [5.74, 6) is 3.90. The first kappa shape index (κ1) is 13.8. The first-order chi connectivity index (χ1) is 10.3. The summed E-state index contributed by atoms with van der Waals surface area (Å²) in [7, 11) is 0. The Kier molecular flexibility index (Phi) is 3.55. The van der Waals surface area contributed by atoms with E-state index in [0.29, 0.717) is 5.92 Å². The predicted molar refractivity (Wildman–Crippen MR) is 84.8 cm³/mol. The zero-order valence-corrected chi connectivity index (χ0v) is 13.2. The lowest BCUT2D eigenvalue weighted by Gasteiger charge is -2.44. The van der Waals surface area contributed by atoms with E-state index in [2.05, 4.69) is 13.0 Å². The number of fused-ring (bicyclic) bond motifs is 2. The summed E-state index contributed by atoms with van der Waals surface area (Å²) >= 11 is 0. The average molecular weight is 286 g/mol. The Hall–Kier alpha value is -0.850. The fourth-order valence-electron chi connectivity index (χ4n) is 5.89. The highest BCUT2D eigenvalue weighted by Crippen LogP contribution is 2.53. The summed E-state index contributed by atoms with van der Waals surface area (Å²) in [6.07, 6.45) is 10.5. The quantitative estimate of drug-likeness (QED) is 0.620. The van der Waals surface area contributed by atoms with E-state index < -0.39 is 0 Å². The van der Waals surface area contributed by atoms with Crippen LogP contribution in [0.4, 0.5) is 4.39 Å². The second-order valence-corrected chi connectivity index (χ2v) is 7.72. The van der Waals surface area contributed by atoms with Crippen LogP contribution in [0.2, 0.25) is 0 Å². The Morgan fingerprint density at radius 2 is 2.00 bits per heavy atom. The van der Waals surface area contributed by atoms with Crippen LogP contribution in [0, 0.1) is 29.5 Å². The van der Waals surface area contributed by atoms with Crippen LogP contribution in [0.15, 0.2) is 18.2 Å². The van der Waals surface area contributed by atoms with Gasteiger partial charge in [-0.2, -0.15) is 0 Å². The first-order valence-electron chi connectivity index (χ1n) is 9.05. The Morgan fingerprint density at radius 1 is 1.10 bits per heavy atom. The minimum atomic E-state index is 0.0818. The number of hydrogen-bond donors (Lipinski definition) is 0. The molecule has 4 aliphatic rings. The van der Waals surface area contributed by atoms with Crippen molar-refractivity contribution < 1.29 is 4.39 Å². The summed E-state index contributed by atoms with van der Waals surface area (Å²) in [4.78, 5) is 0. The molecule has 0 aliphatic heterocycles. The van der Waals surface area contributed by atoms with E-state index in [4.69, 9.17) is 0 Å². The second-order valence-electron chi connectivity index (χ2n) is 7.72. The summed E-state index contributed by atoms with van der Waals surface area (Å²) in [6.45, 7) is 2.33. The maximum atomic E-state index is 14.7. The Morgan fingerprint density at radius 3 is 2.86 bits per heavy atom. The topological polar surface area (TPSA) is 0 Å². The molecule has 0 nitrogen and oxygen atoms in total. The van der Waals surface area contributed by atoms with Crippen molar-refractivity contribution in [2.24, 2.45) is 23.7 Å². The number of halogens is 1. The van der Waals surface area contributed by atoms with Crippen molar-refractivity contribution in [1.82, 2.24) is 0 Å². The lowest BCUT2D eigenvalue weighted by Crippen LogP contribution is -2.34. The van der Waals surface area contributed by atoms with Crippen LogP contribution in [-0.2, 0) is 6.42 Å². The summed E-state index contributed by atoms with van der Waals surface area (Å²) in [5, 5.41) is 0. The summed E-state index contributed by atoms with van der Waals surface area (Å²) < 4.78 is 14.7. The highest BCUT2D eigenvalue weighted by molar-refractivity contribution is 5.34. The van der Waals surface area contributed by atoms with E-state index in [1.54, 1.807) is 6.07 Å². The van der Waals surface area contributed by atoms with Gasteiger partial charge in [0, 0.05) is 0 Å². The molecule has 0 spiro atoms. The van der Waals surface area contributed by atoms with Gasteiger partial charge < -0.3 is 0 Å². The van der Waals surface area contributed by atoms with Crippen molar-refractivity contribution in [3.8, 4) is 0 Å². The lowest BCUT2D eigenvalue weighted by molar-refractivity contribution is 0.0859. The van der Waals surface area contributed by atoms with Crippen LogP contribution < -0.4 is 0 Å². The van der Waals surface area contributed by atoms with Crippen molar-refractivity contribution in [3.63, 3.8) is 0 Å². The van der Waals surface area contributed by atoms with Crippen LogP contribution in [-0.4, -0.2) is 0 Å². The monoisotopic (exact) mass is 286 g/mol. The number of benzene rings is 1. The SMILES string of the molecule is CCC1Cc2cccc(F)c2C2CCCC3CC1CCC32. The molecular formula is C20H27F. The molecule has 1 aromatic carbocycles. The molecule has 4 bridgehead atoms. The fourth-order valence-corrected chi connectivity index (χ4v) is 5.89. The predicted octanol–water partition coefficient (Wildman–Crippen LogP) is 5.71. The van der Waals surface area contributed by atoms with Gasteiger partial charge in [0.25, 0.3) is 0 Å². The van der Waals surface area contributed by atoms with Gasteiger partial charge in [-0.3, -0.25) is 0 Å². The molecule has 0 aromatic heterocycles. The first-order valence-corrected chi connectivity index (χ1v) is 9.05. The summed E-state index contributed by atoms with van der Waals surface area (Å²) in [6, 6.07) is 5.85. The highest BCUT2D eigenvalue weighted by atomic mass is 19.1. The van der Waals surface area contributed by atoms with E-state index >= 15 is 0 Å². The molecule has 4 aliphatic carbocycles. The van der Waals surface area contributed by atoms with Crippen molar-refractivity contribution >= 4 is 0 Å². The maximum absolute atomic E-state index is 14.7.